The maximum absolute atomic E-state index is 11.5. The molecule has 0 aliphatic heterocycles. The van der Waals surface area contributed by atoms with Crippen molar-refractivity contribution in [2.24, 2.45) is 5.92 Å². The number of ether oxygens (including phenoxy) is 1. The van der Waals surface area contributed by atoms with E-state index in [1.54, 1.807) is 13.3 Å². The zero-order chi connectivity index (χ0) is 13.4. The minimum atomic E-state index is -0.0307. The Hall–Kier alpha value is -1.62. The topological polar surface area (TPSA) is 63.2 Å². The van der Waals surface area contributed by atoms with Gasteiger partial charge in [-0.2, -0.15) is 0 Å². The van der Waals surface area contributed by atoms with E-state index in [0.29, 0.717) is 0 Å². The Morgan fingerprint density at radius 2 is 2.22 bits per heavy atom. The maximum atomic E-state index is 11.5. The monoisotopic (exact) mass is 251 g/mol. The SMILES string of the molecule is COCCCNc1ccc(NC(=O)C(C)C)cn1. The van der Waals surface area contributed by atoms with Crippen molar-refractivity contribution in [1.82, 2.24) is 4.98 Å². The quantitative estimate of drug-likeness (QED) is 0.729. The average molecular weight is 251 g/mol. The van der Waals surface area contributed by atoms with Gasteiger partial charge in [-0.25, -0.2) is 4.98 Å². The van der Waals surface area contributed by atoms with Crippen molar-refractivity contribution in [3.8, 4) is 0 Å². The molecule has 5 nitrogen and oxygen atoms in total. The smallest absolute Gasteiger partial charge is 0.226 e. The summed E-state index contributed by atoms with van der Waals surface area (Å²) in [6.07, 6.45) is 2.59. The molecule has 0 aromatic carbocycles. The molecule has 0 aliphatic carbocycles. The van der Waals surface area contributed by atoms with Gasteiger partial charge in [-0.05, 0) is 18.6 Å². The first-order valence-electron chi connectivity index (χ1n) is 6.13. The molecule has 0 saturated heterocycles. The van der Waals surface area contributed by atoms with Crippen molar-refractivity contribution in [3.05, 3.63) is 18.3 Å². The highest BCUT2D eigenvalue weighted by molar-refractivity contribution is 5.91. The fourth-order valence-electron chi connectivity index (χ4n) is 1.29. The van der Waals surface area contributed by atoms with E-state index < -0.39 is 0 Å². The molecule has 0 radical (unpaired) electrons. The number of hydrogen-bond donors (Lipinski definition) is 2. The second kappa shape index (κ2) is 7.66. The number of carbonyl (C=O) groups excluding carboxylic acids is 1. The van der Waals surface area contributed by atoms with E-state index in [0.717, 1.165) is 31.1 Å². The van der Waals surface area contributed by atoms with Crippen molar-refractivity contribution in [2.45, 2.75) is 20.3 Å². The van der Waals surface area contributed by atoms with Gasteiger partial charge in [0.05, 0.1) is 11.9 Å². The van der Waals surface area contributed by atoms with Crippen molar-refractivity contribution in [1.29, 1.82) is 0 Å². The van der Waals surface area contributed by atoms with Gasteiger partial charge in [-0.15, -0.1) is 0 Å². The van der Waals surface area contributed by atoms with Gasteiger partial charge >= 0.3 is 0 Å². The molecule has 5 heteroatoms. The lowest BCUT2D eigenvalue weighted by atomic mass is 10.2. The fourth-order valence-corrected chi connectivity index (χ4v) is 1.29. The van der Waals surface area contributed by atoms with Crippen LogP contribution in [-0.2, 0) is 9.53 Å². The first kappa shape index (κ1) is 14.4. The summed E-state index contributed by atoms with van der Waals surface area (Å²) in [7, 11) is 1.68. The summed E-state index contributed by atoms with van der Waals surface area (Å²) < 4.78 is 4.96. The van der Waals surface area contributed by atoms with Crippen LogP contribution in [0.5, 0.6) is 0 Å². The van der Waals surface area contributed by atoms with Crippen LogP contribution in [0.4, 0.5) is 11.5 Å². The van der Waals surface area contributed by atoms with Gasteiger partial charge in [0.15, 0.2) is 0 Å². The molecule has 2 N–H and O–H groups in total. The molecule has 0 fully saturated rings. The minimum Gasteiger partial charge on any atom is -0.385 e. The van der Waals surface area contributed by atoms with E-state index in [-0.39, 0.29) is 11.8 Å². The Labute approximate surface area is 108 Å². The summed E-state index contributed by atoms with van der Waals surface area (Å²) in [5.74, 6) is 0.767. The zero-order valence-electron chi connectivity index (χ0n) is 11.2. The standard InChI is InChI=1S/C13H21N3O2/c1-10(2)13(17)16-11-5-6-12(15-9-11)14-7-4-8-18-3/h5-6,9-10H,4,7-8H2,1-3H3,(H,14,15)(H,16,17). The molecule has 0 aliphatic rings. The third kappa shape index (κ3) is 5.14. The van der Waals surface area contributed by atoms with E-state index in [2.05, 4.69) is 15.6 Å². The number of amides is 1. The number of hydrogen-bond acceptors (Lipinski definition) is 4. The average Bonchev–Trinajstić information content (AvgIpc) is 2.36. The lowest BCUT2D eigenvalue weighted by molar-refractivity contribution is -0.118. The van der Waals surface area contributed by atoms with Gasteiger partial charge in [0.2, 0.25) is 5.91 Å². The molecule has 100 valence electrons. The molecule has 0 saturated carbocycles. The van der Waals surface area contributed by atoms with Gasteiger partial charge in [0.1, 0.15) is 5.82 Å². The van der Waals surface area contributed by atoms with Crippen LogP contribution in [0.2, 0.25) is 0 Å². The minimum absolute atomic E-state index is 0.00222. The lowest BCUT2D eigenvalue weighted by Crippen LogP contribution is -2.17. The summed E-state index contributed by atoms with van der Waals surface area (Å²) in [4.78, 5) is 15.7. The van der Waals surface area contributed by atoms with E-state index in [1.807, 2.05) is 26.0 Å². The predicted octanol–water partition coefficient (Wildman–Crippen LogP) is 2.12. The molecule has 0 unspecified atom stereocenters. The van der Waals surface area contributed by atoms with Gasteiger partial charge in [-0.3, -0.25) is 4.79 Å². The number of aromatic nitrogens is 1. The van der Waals surface area contributed by atoms with Crippen molar-refractivity contribution in [2.75, 3.05) is 30.9 Å². The molecule has 1 amide bonds. The number of anilines is 2. The normalized spacial score (nSPS) is 10.4. The number of nitrogens with zero attached hydrogens (tertiary/aromatic N) is 1. The van der Waals surface area contributed by atoms with Crippen LogP contribution in [0.3, 0.4) is 0 Å². The summed E-state index contributed by atoms with van der Waals surface area (Å²) in [6, 6.07) is 3.69. The second-order valence-corrected chi connectivity index (χ2v) is 4.35. The Morgan fingerprint density at radius 3 is 2.78 bits per heavy atom. The molecular formula is C13H21N3O2. The number of nitrogens with one attached hydrogen (secondary N) is 2. The first-order chi connectivity index (χ1) is 8.63. The van der Waals surface area contributed by atoms with E-state index in [9.17, 15) is 4.79 Å². The highest BCUT2D eigenvalue weighted by atomic mass is 16.5. The summed E-state index contributed by atoms with van der Waals surface area (Å²) >= 11 is 0. The summed E-state index contributed by atoms with van der Waals surface area (Å²) in [5.41, 5.74) is 0.719. The maximum Gasteiger partial charge on any atom is 0.226 e. The van der Waals surface area contributed by atoms with E-state index >= 15 is 0 Å². The largest absolute Gasteiger partial charge is 0.385 e. The molecule has 1 heterocycles. The fraction of sp³-hybridized carbons (Fsp3) is 0.538. The lowest BCUT2D eigenvalue weighted by Gasteiger charge is -2.09. The molecule has 0 spiro atoms. The van der Waals surface area contributed by atoms with Gasteiger partial charge in [-0.1, -0.05) is 13.8 Å². The van der Waals surface area contributed by atoms with Gasteiger partial charge in [0.25, 0.3) is 0 Å². The second-order valence-electron chi connectivity index (χ2n) is 4.35. The van der Waals surface area contributed by atoms with Crippen LogP contribution in [0, 0.1) is 5.92 Å². The molecule has 0 bridgehead atoms. The summed E-state index contributed by atoms with van der Waals surface area (Å²) in [5, 5.41) is 5.97. The van der Waals surface area contributed by atoms with Crippen LogP contribution in [0.25, 0.3) is 0 Å². The Kier molecular flexibility index (Phi) is 6.14. The van der Waals surface area contributed by atoms with Gasteiger partial charge in [0, 0.05) is 26.2 Å². The molecular weight excluding hydrogens is 230 g/mol. The highest BCUT2D eigenvalue weighted by Gasteiger charge is 2.06. The van der Waals surface area contributed by atoms with Crippen LogP contribution >= 0.6 is 0 Å². The Morgan fingerprint density at radius 1 is 1.44 bits per heavy atom. The zero-order valence-corrected chi connectivity index (χ0v) is 11.2. The molecule has 1 rings (SSSR count). The summed E-state index contributed by atoms with van der Waals surface area (Å²) in [6.45, 7) is 5.26. The number of carbonyl (C=O) groups is 1. The predicted molar refractivity (Wildman–Crippen MR) is 72.7 cm³/mol. The third-order valence-electron chi connectivity index (χ3n) is 2.39. The van der Waals surface area contributed by atoms with Gasteiger partial charge < -0.3 is 15.4 Å². The Bertz CT molecular complexity index is 363. The van der Waals surface area contributed by atoms with Crippen LogP contribution in [0.1, 0.15) is 20.3 Å². The number of rotatable bonds is 7. The molecule has 1 aromatic rings. The van der Waals surface area contributed by atoms with Crippen molar-refractivity contribution >= 4 is 17.4 Å². The van der Waals surface area contributed by atoms with Crippen LogP contribution in [-0.4, -0.2) is 31.2 Å². The van der Waals surface area contributed by atoms with Crippen LogP contribution in [0.15, 0.2) is 18.3 Å². The Balaban J connectivity index is 2.40. The first-order valence-corrected chi connectivity index (χ1v) is 6.13. The van der Waals surface area contributed by atoms with Crippen molar-refractivity contribution < 1.29 is 9.53 Å². The molecule has 0 atom stereocenters. The molecule has 1 aromatic heterocycles. The third-order valence-corrected chi connectivity index (χ3v) is 2.39. The van der Waals surface area contributed by atoms with E-state index in [4.69, 9.17) is 4.74 Å². The number of methoxy groups -OCH3 is 1. The van der Waals surface area contributed by atoms with E-state index in [1.165, 1.54) is 0 Å². The number of pyridine rings is 1. The van der Waals surface area contributed by atoms with Crippen molar-refractivity contribution in [3.63, 3.8) is 0 Å². The highest BCUT2D eigenvalue weighted by Crippen LogP contribution is 2.10. The van der Waals surface area contributed by atoms with Crippen LogP contribution < -0.4 is 10.6 Å². The molecule has 18 heavy (non-hydrogen) atoms.